The maximum atomic E-state index is 9.46. The number of aliphatic hydroxyl groups is 1. The molecule has 1 aliphatic rings. The summed E-state index contributed by atoms with van der Waals surface area (Å²) in [4.78, 5) is 2.25. The van der Waals surface area contributed by atoms with E-state index in [0.29, 0.717) is 6.10 Å². The van der Waals surface area contributed by atoms with Gasteiger partial charge in [-0.2, -0.15) is 0 Å². The van der Waals surface area contributed by atoms with Crippen molar-refractivity contribution in [1.82, 2.24) is 4.90 Å². The first-order chi connectivity index (χ1) is 5.99. The Kier molecular flexibility index (Phi) is 3.71. The predicted molar refractivity (Wildman–Crippen MR) is 52.8 cm³/mol. The molecule has 1 fully saturated rings. The normalized spacial score (nSPS) is 21.9. The van der Waals surface area contributed by atoms with Gasteiger partial charge in [-0.3, -0.25) is 4.90 Å². The minimum atomic E-state index is -0.432. The van der Waals surface area contributed by atoms with Crippen LogP contribution in [0.3, 0.4) is 0 Å². The monoisotopic (exact) mass is 187 g/mol. The molecule has 1 heterocycles. The Bertz CT molecular complexity index is 149. The highest BCUT2D eigenvalue weighted by Gasteiger charge is 2.35. The summed E-state index contributed by atoms with van der Waals surface area (Å²) in [5.74, 6) is 0. The molecule has 0 spiro atoms. The fourth-order valence-electron chi connectivity index (χ4n) is 1.68. The number of nitrogens with zero attached hydrogens (tertiary/aromatic N) is 1. The summed E-state index contributed by atoms with van der Waals surface area (Å²) in [7, 11) is 0. The second-order valence-electron chi connectivity index (χ2n) is 4.48. The number of hydrogen-bond donors (Lipinski definition) is 1. The fraction of sp³-hybridized carbons (Fsp3) is 1.00. The van der Waals surface area contributed by atoms with Gasteiger partial charge in [0, 0.05) is 26.2 Å². The quantitative estimate of drug-likeness (QED) is 0.648. The second-order valence-corrected chi connectivity index (χ2v) is 4.48. The summed E-state index contributed by atoms with van der Waals surface area (Å²) >= 11 is 0. The van der Waals surface area contributed by atoms with Crippen molar-refractivity contribution in [2.24, 2.45) is 0 Å². The highest BCUT2D eigenvalue weighted by molar-refractivity contribution is 4.90. The molecule has 0 aliphatic carbocycles. The molecule has 0 bridgehead atoms. The zero-order chi connectivity index (χ0) is 9.90. The Morgan fingerprint density at radius 2 is 2.08 bits per heavy atom. The Morgan fingerprint density at radius 1 is 1.46 bits per heavy atom. The number of β-amino-alcohol motifs (C(OH)–C–C–N with tert-alkyl or cyclic N) is 1. The molecule has 0 aromatic heterocycles. The molecule has 13 heavy (non-hydrogen) atoms. The molecule has 1 N–H and O–H groups in total. The molecule has 0 aromatic rings. The van der Waals surface area contributed by atoms with E-state index in [9.17, 15) is 5.11 Å². The summed E-state index contributed by atoms with van der Waals surface area (Å²) in [6.07, 6.45) is 1.40. The Morgan fingerprint density at radius 3 is 2.54 bits per heavy atom. The molecule has 1 rings (SSSR count). The maximum absolute atomic E-state index is 9.46. The van der Waals surface area contributed by atoms with Gasteiger partial charge in [0.1, 0.15) is 0 Å². The average molecular weight is 187 g/mol. The van der Waals surface area contributed by atoms with Crippen LogP contribution in [0.4, 0.5) is 0 Å². The van der Waals surface area contributed by atoms with Crippen molar-refractivity contribution in [3.05, 3.63) is 0 Å². The summed E-state index contributed by atoms with van der Waals surface area (Å²) in [5, 5.41) is 9.46. The van der Waals surface area contributed by atoms with Crippen LogP contribution in [-0.4, -0.2) is 48.0 Å². The summed E-state index contributed by atoms with van der Waals surface area (Å²) in [6, 6.07) is 0. The summed E-state index contributed by atoms with van der Waals surface area (Å²) in [5.41, 5.74) is -0.432. The van der Waals surface area contributed by atoms with Gasteiger partial charge in [0.15, 0.2) is 0 Å². The van der Waals surface area contributed by atoms with Crippen LogP contribution in [0.15, 0.2) is 0 Å². The first-order valence-corrected chi connectivity index (χ1v) is 5.06. The fourth-order valence-corrected chi connectivity index (χ4v) is 1.68. The van der Waals surface area contributed by atoms with Gasteiger partial charge in [-0.05, 0) is 27.2 Å². The molecule has 0 unspecified atom stereocenters. The van der Waals surface area contributed by atoms with Crippen molar-refractivity contribution in [1.29, 1.82) is 0 Å². The van der Waals surface area contributed by atoms with Crippen LogP contribution in [0.5, 0.6) is 0 Å². The highest BCUT2D eigenvalue weighted by atomic mass is 16.5. The lowest BCUT2D eigenvalue weighted by molar-refractivity contribution is -0.0856. The number of ether oxygens (including phenoxy) is 1. The molecular weight excluding hydrogens is 166 g/mol. The van der Waals surface area contributed by atoms with Crippen LogP contribution >= 0.6 is 0 Å². The van der Waals surface area contributed by atoms with Gasteiger partial charge in [0.25, 0.3) is 0 Å². The van der Waals surface area contributed by atoms with Crippen LogP contribution in [0.1, 0.15) is 27.2 Å². The van der Waals surface area contributed by atoms with E-state index in [1.54, 1.807) is 0 Å². The molecule has 1 saturated heterocycles. The molecule has 0 radical (unpaired) electrons. The number of likely N-dealkylation sites (tertiary alicyclic amines) is 1. The van der Waals surface area contributed by atoms with Crippen LogP contribution in [-0.2, 0) is 4.74 Å². The van der Waals surface area contributed by atoms with Crippen LogP contribution < -0.4 is 0 Å². The van der Waals surface area contributed by atoms with Gasteiger partial charge < -0.3 is 9.84 Å². The van der Waals surface area contributed by atoms with Crippen molar-refractivity contribution in [3.8, 4) is 0 Å². The molecule has 78 valence electrons. The third kappa shape index (κ3) is 4.07. The van der Waals surface area contributed by atoms with Crippen LogP contribution in [0.25, 0.3) is 0 Å². The molecule has 3 heteroatoms. The standard InChI is InChI=1S/C10H21NO2/c1-9(2)13-6-4-5-11-7-10(3,12)8-11/h9,12H,4-8H2,1-3H3. The maximum Gasteiger partial charge on any atom is 0.0872 e. The predicted octanol–water partition coefficient (Wildman–Crippen LogP) is 0.868. The van der Waals surface area contributed by atoms with Crippen LogP contribution in [0, 0.1) is 0 Å². The molecule has 0 atom stereocenters. The minimum Gasteiger partial charge on any atom is -0.388 e. The Labute approximate surface area is 80.7 Å². The van der Waals surface area contributed by atoms with Crippen molar-refractivity contribution >= 4 is 0 Å². The van der Waals surface area contributed by atoms with E-state index >= 15 is 0 Å². The zero-order valence-corrected chi connectivity index (χ0v) is 8.92. The van der Waals surface area contributed by atoms with E-state index in [1.807, 2.05) is 6.92 Å². The van der Waals surface area contributed by atoms with Gasteiger partial charge in [-0.25, -0.2) is 0 Å². The van der Waals surface area contributed by atoms with Gasteiger partial charge in [-0.1, -0.05) is 0 Å². The van der Waals surface area contributed by atoms with Crippen LogP contribution in [0.2, 0.25) is 0 Å². The third-order valence-corrected chi connectivity index (χ3v) is 2.20. The van der Waals surface area contributed by atoms with Crippen molar-refractivity contribution in [2.45, 2.75) is 38.9 Å². The lowest BCUT2D eigenvalue weighted by Gasteiger charge is -2.44. The molecule has 0 saturated carbocycles. The Hall–Kier alpha value is -0.120. The van der Waals surface area contributed by atoms with E-state index in [-0.39, 0.29) is 0 Å². The lowest BCUT2D eigenvalue weighted by atomic mass is 9.97. The molecule has 3 nitrogen and oxygen atoms in total. The highest BCUT2D eigenvalue weighted by Crippen LogP contribution is 2.19. The molecule has 0 amide bonds. The topological polar surface area (TPSA) is 32.7 Å². The van der Waals surface area contributed by atoms with Crippen molar-refractivity contribution in [3.63, 3.8) is 0 Å². The summed E-state index contributed by atoms with van der Waals surface area (Å²) in [6.45, 7) is 9.49. The van der Waals surface area contributed by atoms with E-state index < -0.39 is 5.60 Å². The van der Waals surface area contributed by atoms with Gasteiger partial charge in [0.05, 0.1) is 11.7 Å². The minimum absolute atomic E-state index is 0.333. The van der Waals surface area contributed by atoms with Gasteiger partial charge in [0.2, 0.25) is 0 Å². The first-order valence-electron chi connectivity index (χ1n) is 5.06. The van der Waals surface area contributed by atoms with Gasteiger partial charge in [-0.15, -0.1) is 0 Å². The molecular formula is C10H21NO2. The first kappa shape index (κ1) is 11.0. The van der Waals surface area contributed by atoms with Gasteiger partial charge >= 0.3 is 0 Å². The van der Waals surface area contributed by atoms with Crippen molar-refractivity contribution in [2.75, 3.05) is 26.2 Å². The lowest BCUT2D eigenvalue weighted by Crippen LogP contribution is -2.59. The summed E-state index contributed by atoms with van der Waals surface area (Å²) < 4.78 is 5.42. The largest absolute Gasteiger partial charge is 0.388 e. The second kappa shape index (κ2) is 4.40. The zero-order valence-electron chi connectivity index (χ0n) is 8.92. The average Bonchev–Trinajstić information content (AvgIpc) is 1.93. The number of rotatable bonds is 5. The molecule has 1 aliphatic heterocycles. The van der Waals surface area contributed by atoms with E-state index in [0.717, 1.165) is 32.7 Å². The Balaban J connectivity index is 1.91. The smallest absolute Gasteiger partial charge is 0.0872 e. The molecule has 0 aromatic carbocycles. The van der Waals surface area contributed by atoms with E-state index in [1.165, 1.54) is 0 Å². The SMILES string of the molecule is CC(C)OCCCN1CC(C)(O)C1. The van der Waals surface area contributed by atoms with E-state index in [2.05, 4.69) is 18.7 Å². The third-order valence-electron chi connectivity index (χ3n) is 2.20. The van der Waals surface area contributed by atoms with E-state index in [4.69, 9.17) is 4.74 Å². The van der Waals surface area contributed by atoms with Crippen molar-refractivity contribution < 1.29 is 9.84 Å². The number of hydrogen-bond acceptors (Lipinski definition) is 3.